The van der Waals surface area contributed by atoms with Gasteiger partial charge >= 0.3 is 5.97 Å². The Kier molecular flexibility index (Phi) is 8.51. The Hall–Kier alpha value is -4.02. The van der Waals surface area contributed by atoms with Crippen molar-refractivity contribution in [3.05, 3.63) is 125 Å². The molecule has 0 N–H and O–H groups in total. The van der Waals surface area contributed by atoms with Crippen molar-refractivity contribution in [2.24, 2.45) is 4.99 Å². The fourth-order valence-electron chi connectivity index (χ4n) is 4.67. The quantitative estimate of drug-likeness (QED) is 0.246. The first-order valence-electron chi connectivity index (χ1n) is 12.8. The van der Waals surface area contributed by atoms with E-state index in [2.05, 4.69) is 15.9 Å². The Labute approximate surface area is 248 Å². The van der Waals surface area contributed by atoms with Crippen molar-refractivity contribution in [1.29, 1.82) is 0 Å². The standard InChI is InChI=1S/C31H26BrFN2O5S/c1-4-23-26(30(37)39-3)27(20-8-6-5-7-9-20)35-29(36)25(41-31(35)34-23)16-19-14-22(32)28(24(15-19)38-2)40-17-18-10-12-21(33)13-11-18/h5-16,27H,4,17H2,1-3H3/b25-16-/t27-/m1/s1. The fourth-order valence-corrected chi connectivity index (χ4v) is 6.26. The molecule has 41 heavy (non-hydrogen) atoms. The number of hydrogen-bond acceptors (Lipinski definition) is 7. The van der Waals surface area contributed by atoms with Crippen LogP contribution >= 0.6 is 27.3 Å². The molecular weight excluding hydrogens is 611 g/mol. The minimum atomic E-state index is -0.666. The molecule has 7 nitrogen and oxygen atoms in total. The molecule has 0 radical (unpaired) electrons. The van der Waals surface area contributed by atoms with Crippen LogP contribution in [0.5, 0.6) is 11.5 Å². The maximum Gasteiger partial charge on any atom is 0.338 e. The van der Waals surface area contributed by atoms with Crippen LogP contribution in [0.25, 0.3) is 6.08 Å². The van der Waals surface area contributed by atoms with Crippen LogP contribution in [-0.2, 0) is 16.1 Å². The lowest BCUT2D eigenvalue weighted by Crippen LogP contribution is -2.40. The Balaban J connectivity index is 1.58. The average Bonchev–Trinajstić information content (AvgIpc) is 3.30. The van der Waals surface area contributed by atoms with Gasteiger partial charge in [0.05, 0.1) is 40.5 Å². The molecule has 4 aromatic rings. The smallest absolute Gasteiger partial charge is 0.338 e. The minimum Gasteiger partial charge on any atom is -0.493 e. The monoisotopic (exact) mass is 636 g/mol. The summed E-state index contributed by atoms with van der Waals surface area (Å²) in [6, 6.07) is 18.4. The number of carbonyl (C=O) groups is 1. The van der Waals surface area contributed by atoms with E-state index in [1.165, 1.54) is 37.7 Å². The summed E-state index contributed by atoms with van der Waals surface area (Å²) in [5.74, 6) is 0.113. The van der Waals surface area contributed by atoms with Crippen LogP contribution in [0.15, 0.2) is 92.3 Å². The first-order chi connectivity index (χ1) is 19.8. The molecule has 0 unspecified atom stereocenters. The summed E-state index contributed by atoms with van der Waals surface area (Å²) in [7, 11) is 2.86. The zero-order chi connectivity index (χ0) is 29.1. The van der Waals surface area contributed by atoms with Gasteiger partial charge in [-0.1, -0.05) is 60.7 Å². The second-order valence-electron chi connectivity index (χ2n) is 9.15. The molecule has 0 saturated carbocycles. The largest absolute Gasteiger partial charge is 0.493 e. The lowest BCUT2D eigenvalue weighted by atomic mass is 9.95. The molecule has 3 aromatic carbocycles. The van der Waals surface area contributed by atoms with Crippen LogP contribution in [-0.4, -0.2) is 24.8 Å². The highest BCUT2D eigenvalue weighted by molar-refractivity contribution is 9.10. The molecule has 1 atom stereocenters. The summed E-state index contributed by atoms with van der Waals surface area (Å²) in [6.07, 6.45) is 2.26. The second kappa shape index (κ2) is 12.2. The number of aromatic nitrogens is 1. The van der Waals surface area contributed by atoms with Crippen molar-refractivity contribution in [1.82, 2.24) is 4.57 Å². The van der Waals surface area contributed by atoms with Gasteiger partial charge in [-0.05, 0) is 69.4 Å². The molecule has 0 saturated heterocycles. The Morgan fingerprint density at radius 3 is 2.51 bits per heavy atom. The zero-order valence-electron chi connectivity index (χ0n) is 22.5. The van der Waals surface area contributed by atoms with Crippen molar-refractivity contribution in [3.63, 3.8) is 0 Å². The number of hydrogen-bond donors (Lipinski definition) is 0. The van der Waals surface area contributed by atoms with Crippen LogP contribution < -0.4 is 24.4 Å². The summed E-state index contributed by atoms with van der Waals surface area (Å²) in [5, 5.41) is 0. The van der Waals surface area contributed by atoms with E-state index in [0.29, 0.717) is 48.6 Å². The molecule has 0 bridgehead atoms. The lowest BCUT2D eigenvalue weighted by molar-refractivity contribution is -0.136. The van der Waals surface area contributed by atoms with E-state index >= 15 is 0 Å². The number of rotatable bonds is 8. The highest BCUT2D eigenvalue weighted by atomic mass is 79.9. The number of allylic oxidation sites excluding steroid dienone is 1. The van der Waals surface area contributed by atoms with Crippen molar-refractivity contribution in [3.8, 4) is 11.5 Å². The summed E-state index contributed by atoms with van der Waals surface area (Å²) in [6.45, 7) is 2.14. The number of esters is 1. The maximum absolute atomic E-state index is 13.9. The van der Waals surface area contributed by atoms with Gasteiger partial charge in [0.1, 0.15) is 12.4 Å². The zero-order valence-corrected chi connectivity index (χ0v) is 24.9. The van der Waals surface area contributed by atoms with E-state index in [9.17, 15) is 14.0 Å². The number of methoxy groups -OCH3 is 2. The fraction of sp³-hybridized carbons (Fsp3) is 0.194. The van der Waals surface area contributed by atoms with Crippen molar-refractivity contribution in [2.45, 2.75) is 26.0 Å². The summed E-state index contributed by atoms with van der Waals surface area (Å²) in [4.78, 5) is 32.0. The third-order valence-corrected chi connectivity index (χ3v) is 8.18. The number of carbonyl (C=O) groups excluding carboxylic acids is 1. The molecule has 1 aromatic heterocycles. The first-order valence-corrected chi connectivity index (χ1v) is 14.4. The van der Waals surface area contributed by atoms with E-state index in [-0.39, 0.29) is 18.0 Å². The summed E-state index contributed by atoms with van der Waals surface area (Å²) >= 11 is 4.81. The van der Waals surface area contributed by atoms with E-state index in [4.69, 9.17) is 19.2 Å². The molecule has 0 aliphatic carbocycles. The Morgan fingerprint density at radius 1 is 1.12 bits per heavy atom. The maximum atomic E-state index is 13.9. The van der Waals surface area contributed by atoms with Gasteiger partial charge in [-0.3, -0.25) is 9.36 Å². The number of fused-ring (bicyclic) bond motifs is 1. The molecule has 210 valence electrons. The topological polar surface area (TPSA) is 79.1 Å². The Bertz CT molecular complexity index is 1810. The molecule has 0 amide bonds. The summed E-state index contributed by atoms with van der Waals surface area (Å²) < 4.78 is 32.6. The van der Waals surface area contributed by atoms with E-state index in [1.807, 2.05) is 43.3 Å². The molecule has 0 fully saturated rings. The highest BCUT2D eigenvalue weighted by Crippen LogP contribution is 2.37. The van der Waals surface area contributed by atoms with Crippen LogP contribution in [0, 0.1) is 5.82 Å². The van der Waals surface area contributed by atoms with Gasteiger partial charge in [0, 0.05) is 0 Å². The van der Waals surface area contributed by atoms with Gasteiger partial charge in [0.2, 0.25) is 0 Å². The molecule has 0 spiro atoms. The van der Waals surface area contributed by atoms with Crippen LogP contribution in [0.4, 0.5) is 4.39 Å². The highest BCUT2D eigenvalue weighted by Gasteiger charge is 2.33. The van der Waals surface area contributed by atoms with Gasteiger partial charge in [0.25, 0.3) is 5.56 Å². The number of thiazole rings is 1. The van der Waals surface area contributed by atoms with Crippen molar-refractivity contribution < 1.29 is 23.4 Å². The molecule has 1 aliphatic heterocycles. The van der Waals surface area contributed by atoms with Crippen LogP contribution in [0.1, 0.15) is 36.1 Å². The van der Waals surface area contributed by atoms with Gasteiger partial charge < -0.3 is 14.2 Å². The van der Waals surface area contributed by atoms with Crippen LogP contribution in [0.3, 0.4) is 0 Å². The van der Waals surface area contributed by atoms with E-state index in [0.717, 1.165) is 11.1 Å². The van der Waals surface area contributed by atoms with Gasteiger partial charge in [-0.15, -0.1) is 0 Å². The molecule has 5 rings (SSSR count). The normalized spacial score (nSPS) is 14.9. The number of halogens is 2. The van der Waals surface area contributed by atoms with E-state index in [1.54, 1.807) is 28.8 Å². The molecule has 1 aliphatic rings. The number of nitrogens with zero attached hydrogens (tertiary/aromatic N) is 2. The predicted molar refractivity (Wildman–Crippen MR) is 158 cm³/mol. The molecular formula is C31H26BrFN2O5S. The van der Waals surface area contributed by atoms with Gasteiger partial charge in [0.15, 0.2) is 16.3 Å². The predicted octanol–water partition coefficient (Wildman–Crippen LogP) is 5.29. The van der Waals surface area contributed by atoms with Crippen molar-refractivity contribution in [2.75, 3.05) is 14.2 Å². The average molecular weight is 638 g/mol. The summed E-state index contributed by atoms with van der Waals surface area (Å²) in [5.41, 5.74) is 2.96. The first kappa shape index (κ1) is 28.5. The molecule has 10 heteroatoms. The van der Waals surface area contributed by atoms with E-state index < -0.39 is 12.0 Å². The van der Waals surface area contributed by atoms with Crippen molar-refractivity contribution >= 4 is 39.3 Å². The number of benzene rings is 3. The second-order valence-corrected chi connectivity index (χ2v) is 11.0. The third-order valence-electron chi connectivity index (χ3n) is 6.61. The lowest BCUT2D eigenvalue weighted by Gasteiger charge is -2.25. The third kappa shape index (κ3) is 5.75. The Morgan fingerprint density at radius 2 is 1.85 bits per heavy atom. The van der Waals surface area contributed by atoms with Crippen LogP contribution in [0.2, 0.25) is 0 Å². The minimum absolute atomic E-state index is 0.217. The number of ether oxygens (including phenoxy) is 3. The van der Waals surface area contributed by atoms with Gasteiger partial charge in [-0.25, -0.2) is 14.2 Å². The SMILES string of the molecule is CCC1=C(C(=O)OC)[C@@H](c2ccccc2)n2c(s/c(=C\c3cc(Br)c(OCc4ccc(F)cc4)c(OC)c3)c2=O)=N1. The van der Waals surface area contributed by atoms with Gasteiger partial charge in [-0.2, -0.15) is 0 Å². The molecule has 2 heterocycles.